The van der Waals surface area contributed by atoms with Gasteiger partial charge in [0.05, 0.1) is 6.61 Å². The average molecular weight is 226 g/mol. The van der Waals surface area contributed by atoms with Crippen LogP contribution in [0, 0.1) is 5.82 Å². The van der Waals surface area contributed by atoms with Crippen LogP contribution in [0.25, 0.3) is 0 Å². The molecule has 0 aromatic carbocycles. The summed E-state index contributed by atoms with van der Waals surface area (Å²) in [4.78, 5) is 3.89. The minimum absolute atomic E-state index is 0.115. The third-order valence-corrected chi connectivity index (χ3v) is 2.24. The van der Waals surface area contributed by atoms with Gasteiger partial charge in [0, 0.05) is 18.3 Å². The van der Waals surface area contributed by atoms with Crippen LogP contribution < -0.4 is 10.1 Å². The highest BCUT2D eigenvalue weighted by molar-refractivity contribution is 5.23. The third-order valence-electron chi connectivity index (χ3n) is 2.24. The summed E-state index contributed by atoms with van der Waals surface area (Å²) < 4.78 is 19.1. The van der Waals surface area contributed by atoms with Crippen molar-refractivity contribution in [3.05, 3.63) is 23.6 Å². The summed E-state index contributed by atoms with van der Waals surface area (Å²) in [6.07, 6.45) is 3.52. The van der Waals surface area contributed by atoms with Crippen molar-refractivity contribution in [3.8, 4) is 5.88 Å². The lowest BCUT2D eigenvalue weighted by atomic mass is 10.2. The number of pyridine rings is 1. The smallest absolute Gasteiger partial charge is 0.250 e. The summed E-state index contributed by atoms with van der Waals surface area (Å²) in [5, 5.41) is 3.08. The largest absolute Gasteiger partial charge is 0.476 e. The Morgan fingerprint density at radius 2 is 2.25 bits per heavy atom. The monoisotopic (exact) mass is 226 g/mol. The van der Waals surface area contributed by atoms with E-state index in [-0.39, 0.29) is 11.7 Å². The number of rotatable bonds is 7. The predicted octanol–water partition coefficient (Wildman–Crippen LogP) is 2.51. The normalized spacial score (nSPS) is 10.4. The quantitative estimate of drug-likeness (QED) is 0.725. The molecule has 1 aromatic heterocycles. The van der Waals surface area contributed by atoms with Crippen molar-refractivity contribution < 1.29 is 9.13 Å². The van der Waals surface area contributed by atoms with Crippen LogP contribution in [0.1, 0.15) is 32.3 Å². The molecule has 90 valence electrons. The van der Waals surface area contributed by atoms with Gasteiger partial charge in [-0.05, 0) is 19.0 Å². The van der Waals surface area contributed by atoms with Gasteiger partial charge in [0.1, 0.15) is 0 Å². The fraction of sp³-hybridized carbons (Fsp3) is 0.583. The highest BCUT2D eigenvalue weighted by atomic mass is 19.1. The fourth-order valence-corrected chi connectivity index (χ4v) is 1.27. The van der Waals surface area contributed by atoms with E-state index in [9.17, 15) is 4.39 Å². The lowest BCUT2D eigenvalue weighted by Crippen LogP contribution is -2.14. The zero-order valence-corrected chi connectivity index (χ0v) is 9.92. The van der Waals surface area contributed by atoms with Crippen LogP contribution in [0.5, 0.6) is 5.88 Å². The maximum absolute atomic E-state index is 13.8. The number of unbranched alkanes of at least 4 members (excludes halogenated alkanes) is 1. The Hall–Kier alpha value is -1.16. The molecule has 0 aliphatic rings. The van der Waals surface area contributed by atoms with Crippen molar-refractivity contribution in [2.24, 2.45) is 0 Å². The van der Waals surface area contributed by atoms with E-state index in [1.54, 1.807) is 12.3 Å². The molecule has 4 heteroatoms. The van der Waals surface area contributed by atoms with E-state index in [0.29, 0.717) is 18.7 Å². The van der Waals surface area contributed by atoms with Gasteiger partial charge in [-0.3, -0.25) is 0 Å². The van der Waals surface area contributed by atoms with Crippen molar-refractivity contribution in [2.75, 3.05) is 13.2 Å². The first-order valence-corrected chi connectivity index (χ1v) is 5.76. The molecule has 0 unspecified atom stereocenters. The Morgan fingerprint density at radius 3 is 2.94 bits per heavy atom. The number of halogens is 1. The van der Waals surface area contributed by atoms with Gasteiger partial charge in [0.15, 0.2) is 5.82 Å². The summed E-state index contributed by atoms with van der Waals surface area (Å²) in [6, 6.07) is 1.67. The molecule has 3 nitrogen and oxygen atoms in total. The zero-order valence-electron chi connectivity index (χ0n) is 9.92. The van der Waals surface area contributed by atoms with Gasteiger partial charge in [-0.2, -0.15) is 0 Å². The van der Waals surface area contributed by atoms with Crippen LogP contribution in [0.4, 0.5) is 4.39 Å². The van der Waals surface area contributed by atoms with Crippen molar-refractivity contribution in [1.29, 1.82) is 0 Å². The Labute approximate surface area is 96.0 Å². The number of ether oxygens (including phenoxy) is 1. The van der Waals surface area contributed by atoms with E-state index in [2.05, 4.69) is 17.2 Å². The van der Waals surface area contributed by atoms with E-state index >= 15 is 0 Å². The van der Waals surface area contributed by atoms with Crippen LogP contribution >= 0.6 is 0 Å². The number of hydrogen-bond donors (Lipinski definition) is 1. The summed E-state index contributed by atoms with van der Waals surface area (Å²) in [7, 11) is 0. The molecule has 0 aliphatic carbocycles. The van der Waals surface area contributed by atoms with Crippen LogP contribution in [0.15, 0.2) is 12.3 Å². The lowest BCUT2D eigenvalue weighted by Gasteiger charge is -2.08. The van der Waals surface area contributed by atoms with Crippen LogP contribution in [0.3, 0.4) is 0 Å². The summed E-state index contributed by atoms with van der Waals surface area (Å²) >= 11 is 0. The maximum atomic E-state index is 13.8. The first-order chi connectivity index (χ1) is 7.79. The molecular weight excluding hydrogens is 207 g/mol. The van der Waals surface area contributed by atoms with E-state index in [0.717, 1.165) is 19.4 Å². The second kappa shape index (κ2) is 7.17. The van der Waals surface area contributed by atoms with E-state index in [1.165, 1.54) is 0 Å². The molecule has 1 heterocycles. The second-order valence-electron chi connectivity index (χ2n) is 3.57. The van der Waals surface area contributed by atoms with Crippen molar-refractivity contribution in [2.45, 2.75) is 33.2 Å². The van der Waals surface area contributed by atoms with E-state index in [1.807, 2.05) is 6.92 Å². The highest BCUT2D eigenvalue weighted by Crippen LogP contribution is 2.17. The molecular formula is C12H19FN2O. The van der Waals surface area contributed by atoms with E-state index < -0.39 is 0 Å². The third kappa shape index (κ3) is 3.77. The zero-order chi connectivity index (χ0) is 11.8. The standard InChI is InChI=1S/C12H19FN2O/c1-3-5-8-16-12-11(13)10(6-7-15-12)9-14-4-2/h6-7,14H,3-5,8-9H2,1-2H3. The molecule has 0 saturated heterocycles. The topological polar surface area (TPSA) is 34.1 Å². The average Bonchev–Trinajstić information content (AvgIpc) is 2.30. The number of nitrogens with zero attached hydrogens (tertiary/aromatic N) is 1. The Morgan fingerprint density at radius 1 is 1.44 bits per heavy atom. The molecule has 0 fully saturated rings. The van der Waals surface area contributed by atoms with Gasteiger partial charge in [0.25, 0.3) is 5.88 Å². The Balaban J connectivity index is 2.62. The van der Waals surface area contributed by atoms with Crippen molar-refractivity contribution in [3.63, 3.8) is 0 Å². The molecule has 0 radical (unpaired) electrons. The first-order valence-electron chi connectivity index (χ1n) is 5.76. The maximum Gasteiger partial charge on any atom is 0.250 e. The van der Waals surface area contributed by atoms with Crippen LogP contribution in [0.2, 0.25) is 0 Å². The predicted molar refractivity (Wildman–Crippen MR) is 62.0 cm³/mol. The lowest BCUT2D eigenvalue weighted by molar-refractivity contribution is 0.280. The van der Waals surface area contributed by atoms with Crippen LogP contribution in [-0.4, -0.2) is 18.1 Å². The fourth-order valence-electron chi connectivity index (χ4n) is 1.27. The van der Waals surface area contributed by atoms with E-state index in [4.69, 9.17) is 4.74 Å². The number of nitrogens with one attached hydrogen (secondary N) is 1. The minimum atomic E-state index is -0.348. The molecule has 0 saturated carbocycles. The SMILES string of the molecule is CCCCOc1nccc(CNCC)c1F. The second-order valence-corrected chi connectivity index (χ2v) is 3.57. The summed E-state index contributed by atoms with van der Waals surface area (Å²) in [5.41, 5.74) is 0.600. The van der Waals surface area contributed by atoms with Gasteiger partial charge in [-0.1, -0.05) is 20.3 Å². The molecule has 0 atom stereocenters. The molecule has 0 bridgehead atoms. The molecule has 1 N–H and O–H groups in total. The molecule has 1 aromatic rings. The molecule has 16 heavy (non-hydrogen) atoms. The number of hydrogen-bond acceptors (Lipinski definition) is 3. The van der Waals surface area contributed by atoms with Gasteiger partial charge in [-0.25, -0.2) is 9.37 Å². The Kier molecular flexibility index (Phi) is 5.78. The molecule has 0 aliphatic heterocycles. The van der Waals surface area contributed by atoms with Crippen LogP contribution in [-0.2, 0) is 6.54 Å². The molecule has 0 spiro atoms. The highest BCUT2D eigenvalue weighted by Gasteiger charge is 2.09. The first kappa shape index (κ1) is 12.9. The summed E-state index contributed by atoms with van der Waals surface area (Å²) in [6.45, 7) is 5.89. The van der Waals surface area contributed by atoms with Gasteiger partial charge >= 0.3 is 0 Å². The Bertz CT molecular complexity index is 318. The van der Waals surface area contributed by atoms with Crippen molar-refractivity contribution >= 4 is 0 Å². The van der Waals surface area contributed by atoms with Gasteiger partial charge in [0.2, 0.25) is 0 Å². The summed E-state index contributed by atoms with van der Waals surface area (Å²) in [5.74, 6) is -0.233. The molecule has 1 rings (SSSR count). The van der Waals surface area contributed by atoms with Crippen molar-refractivity contribution in [1.82, 2.24) is 10.3 Å². The van der Waals surface area contributed by atoms with Gasteiger partial charge < -0.3 is 10.1 Å². The molecule has 0 amide bonds. The van der Waals surface area contributed by atoms with Gasteiger partial charge in [-0.15, -0.1) is 0 Å². The minimum Gasteiger partial charge on any atom is -0.476 e. The number of aromatic nitrogens is 1.